The van der Waals surface area contributed by atoms with E-state index >= 15 is 0 Å². The third kappa shape index (κ3) is 5.89. The molecule has 0 unspecified atom stereocenters. The summed E-state index contributed by atoms with van der Waals surface area (Å²) < 4.78 is 7.67. The molecule has 0 aliphatic heterocycles. The molecule has 0 saturated heterocycles. The van der Waals surface area contributed by atoms with Gasteiger partial charge in [-0.2, -0.15) is 0 Å². The Balaban J connectivity index is 1.44. The molecule has 0 aliphatic carbocycles. The maximum atomic E-state index is 13.2. The number of benzene rings is 3. The molecule has 1 atom stereocenters. The number of hydrogen-bond acceptors (Lipinski definition) is 3. The molecule has 0 spiro atoms. The molecule has 5 heteroatoms. The fourth-order valence-corrected chi connectivity index (χ4v) is 4.84. The van der Waals surface area contributed by atoms with Crippen LogP contribution in [-0.4, -0.2) is 29.1 Å². The number of ether oxygens (including phenoxy) is 1. The van der Waals surface area contributed by atoms with E-state index in [9.17, 15) is 4.79 Å². The molecule has 1 N–H and O–H groups in total. The number of methoxy groups -OCH3 is 1. The summed E-state index contributed by atoms with van der Waals surface area (Å²) in [6.45, 7) is 1.33. The van der Waals surface area contributed by atoms with Crippen LogP contribution in [0.4, 0.5) is 0 Å². The highest BCUT2D eigenvalue weighted by Crippen LogP contribution is 2.35. The summed E-state index contributed by atoms with van der Waals surface area (Å²) in [5.41, 5.74) is 5.61. The van der Waals surface area contributed by atoms with Crippen LogP contribution < -0.4 is 10.1 Å². The van der Waals surface area contributed by atoms with Gasteiger partial charge < -0.3 is 14.6 Å². The largest absolute Gasteiger partial charge is 0.497 e. The monoisotopic (exact) mass is 489 g/mol. The SMILES string of the molecule is COc1ccc([C@H](CC(=O)NCCc2ccccn2)c2cn(Cc3ccccc3)c3ccccc23)cc1. The molecule has 0 fully saturated rings. The molecule has 2 aromatic heterocycles. The lowest BCUT2D eigenvalue weighted by Gasteiger charge is -2.18. The molecule has 5 rings (SSSR count). The lowest BCUT2D eigenvalue weighted by atomic mass is 9.88. The van der Waals surface area contributed by atoms with E-state index in [0.717, 1.165) is 34.6 Å². The average molecular weight is 490 g/mol. The van der Waals surface area contributed by atoms with E-state index in [1.807, 2.05) is 36.4 Å². The van der Waals surface area contributed by atoms with Gasteiger partial charge in [0.05, 0.1) is 7.11 Å². The van der Waals surface area contributed by atoms with E-state index in [-0.39, 0.29) is 11.8 Å². The molecule has 0 bridgehead atoms. The first-order valence-corrected chi connectivity index (χ1v) is 12.6. The Morgan fingerprint density at radius 3 is 2.43 bits per heavy atom. The molecule has 0 aliphatic rings. The van der Waals surface area contributed by atoms with Crippen LogP contribution in [0.3, 0.4) is 0 Å². The number of para-hydroxylation sites is 1. The molecule has 186 valence electrons. The molecule has 1 amide bonds. The van der Waals surface area contributed by atoms with Crippen molar-refractivity contribution in [1.29, 1.82) is 0 Å². The number of carbonyl (C=O) groups is 1. The molecule has 37 heavy (non-hydrogen) atoms. The first-order valence-electron chi connectivity index (χ1n) is 12.6. The van der Waals surface area contributed by atoms with Crippen molar-refractivity contribution in [2.75, 3.05) is 13.7 Å². The first-order chi connectivity index (χ1) is 18.2. The second-order valence-corrected chi connectivity index (χ2v) is 9.17. The van der Waals surface area contributed by atoms with E-state index in [2.05, 4.69) is 81.7 Å². The minimum absolute atomic E-state index is 0.0247. The summed E-state index contributed by atoms with van der Waals surface area (Å²) in [5, 5.41) is 4.28. The number of fused-ring (bicyclic) bond motifs is 1. The van der Waals surface area contributed by atoms with Gasteiger partial charge in [0.25, 0.3) is 0 Å². The lowest BCUT2D eigenvalue weighted by Crippen LogP contribution is -2.27. The number of carbonyl (C=O) groups excluding carboxylic acids is 1. The summed E-state index contributed by atoms with van der Waals surface area (Å²) >= 11 is 0. The molecule has 5 nitrogen and oxygen atoms in total. The quantitative estimate of drug-likeness (QED) is 0.263. The van der Waals surface area contributed by atoms with Gasteiger partial charge in [-0.3, -0.25) is 9.78 Å². The maximum Gasteiger partial charge on any atom is 0.220 e. The topological polar surface area (TPSA) is 56.1 Å². The van der Waals surface area contributed by atoms with Crippen molar-refractivity contribution in [3.8, 4) is 5.75 Å². The van der Waals surface area contributed by atoms with Crippen LogP contribution in [-0.2, 0) is 17.8 Å². The van der Waals surface area contributed by atoms with Crippen LogP contribution in [0.25, 0.3) is 10.9 Å². The third-order valence-electron chi connectivity index (χ3n) is 6.73. The van der Waals surface area contributed by atoms with Gasteiger partial charge in [-0.05, 0) is 47.0 Å². The fraction of sp³-hybridized carbons (Fsp3) is 0.188. The van der Waals surface area contributed by atoms with E-state index in [4.69, 9.17) is 4.74 Å². The predicted octanol–water partition coefficient (Wildman–Crippen LogP) is 5.97. The summed E-state index contributed by atoms with van der Waals surface area (Å²) in [6, 6.07) is 32.8. The Kier molecular flexibility index (Phi) is 7.60. The number of rotatable bonds is 10. The molecule has 0 radical (unpaired) electrons. The number of aromatic nitrogens is 2. The van der Waals surface area contributed by atoms with E-state index in [1.165, 1.54) is 10.9 Å². The van der Waals surface area contributed by atoms with Crippen LogP contribution in [0.15, 0.2) is 109 Å². The van der Waals surface area contributed by atoms with Gasteiger partial charge >= 0.3 is 0 Å². The van der Waals surface area contributed by atoms with Crippen LogP contribution in [0.1, 0.15) is 34.7 Å². The smallest absolute Gasteiger partial charge is 0.220 e. The van der Waals surface area contributed by atoms with Gasteiger partial charge in [0.2, 0.25) is 5.91 Å². The van der Waals surface area contributed by atoms with E-state index in [0.29, 0.717) is 19.4 Å². The van der Waals surface area contributed by atoms with Crippen LogP contribution in [0, 0.1) is 0 Å². The summed E-state index contributed by atoms with van der Waals surface area (Å²) in [6.07, 6.45) is 5.06. The molecule has 3 aromatic carbocycles. The summed E-state index contributed by atoms with van der Waals surface area (Å²) in [7, 11) is 1.67. The Morgan fingerprint density at radius 1 is 0.919 bits per heavy atom. The summed E-state index contributed by atoms with van der Waals surface area (Å²) in [4.78, 5) is 17.5. The third-order valence-corrected chi connectivity index (χ3v) is 6.73. The van der Waals surface area contributed by atoms with Gasteiger partial charge in [-0.1, -0.05) is 66.7 Å². The van der Waals surface area contributed by atoms with Crippen molar-refractivity contribution in [2.24, 2.45) is 0 Å². The lowest BCUT2D eigenvalue weighted by molar-refractivity contribution is -0.121. The average Bonchev–Trinajstić information content (AvgIpc) is 3.31. The number of nitrogens with one attached hydrogen (secondary N) is 1. The Hall–Kier alpha value is -4.38. The standard InChI is InChI=1S/C32H31N3O2/c1-37-27-16-14-25(15-17-27)29(21-32(36)34-20-18-26-11-7-8-19-33-26)30-23-35(22-24-9-3-2-4-10-24)31-13-6-5-12-28(30)31/h2-17,19,23,29H,18,20-22H2,1H3,(H,34,36)/t29-/m0/s1. The molecular formula is C32H31N3O2. The number of nitrogens with zero attached hydrogens (tertiary/aromatic N) is 2. The number of amides is 1. The van der Waals surface area contributed by atoms with Crippen LogP contribution >= 0.6 is 0 Å². The highest BCUT2D eigenvalue weighted by Gasteiger charge is 2.23. The highest BCUT2D eigenvalue weighted by molar-refractivity contribution is 5.86. The van der Waals surface area contributed by atoms with Gasteiger partial charge in [0.1, 0.15) is 5.75 Å². The highest BCUT2D eigenvalue weighted by atomic mass is 16.5. The van der Waals surface area contributed by atoms with Crippen LogP contribution in [0.2, 0.25) is 0 Å². The van der Waals surface area contributed by atoms with Crippen molar-refractivity contribution in [2.45, 2.75) is 25.3 Å². The number of pyridine rings is 1. The van der Waals surface area contributed by atoms with Gasteiger partial charge in [-0.25, -0.2) is 0 Å². The minimum Gasteiger partial charge on any atom is -0.497 e. The second-order valence-electron chi connectivity index (χ2n) is 9.17. The van der Waals surface area contributed by atoms with Gasteiger partial charge in [-0.15, -0.1) is 0 Å². The Bertz CT molecular complexity index is 1440. The van der Waals surface area contributed by atoms with Crippen molar-refractivity contribution in [3.05, 3.63) is 132 Å². The summed E-state index contributed by atoms with van der Waals surface area (Å²) in [5.74, 6) is 0.730. The zero-order chi connectivity index (χ0) is 25.5. The maximum absolute atomic E-state index is 13.2. The van der Waals surface area contributed by atoms with Crippen molar-refractivity contribution < 1.29 is 9.53 Å². The zero-order valence-electron chi connectivity index (χ0n) is 21.0. The molecular weight excluding hydrogens is 458 g/mol. The van der Waals surface area contributed by atoms with Crippen LogP contribution in [0.5, 0.6) is 5.75 Å². The first kappa shape index (κ1) is 24.3. The van der Waals surface area contributed by atoms with Gasteiger partial charge in [0, 0.05) is 60.8 Å². The zero-order valence-corrected chi connectivity index (χ0v) is 21.0. The van der Waals surface area contributed by atoms with E-state index in [1.54, 1.807) is 13.3 Å². The normalized spacial score (nSPS) is 11.8. The van der Waals surface area contributed by atoms with Crippen molar-refractivity contribution in [1.82, 2.24) is 14.9 Å². The van der Waals surface area contributed by atoms with E-state index < -0.39 is 0 Å². The fourth-order valence-electron chi connectivity index (χ4n) is 4.84. The Morgan fingerprint density at radius 2 is 1.68 bits per heavy atom. The van der Waals surface area contributed by atoms with Gasteiger partial charge in [0.15, 0.2) is 0 Å². The second kappa shape index (κ2) is 11.6. The Labute approximate surface area is 217 Å². The molecule has 5 aromatic rings. The van der Waals surface area contributed by atoms with Crippen molar-refractivity contribution >= 4 is 16.8 Å². The number of hydrogen-bond donors (Lipinski definition) is 1. The molecule has 0 saturated carbocycles. The minimum atomic E-state index is -0.0947. The predicted molar refractivity (Wildman–Crippen MR) is 148 cm³/mol. The molecule has 2 heterocycles. The van der Waals surface area contributed by atoms with Crippen molar-refractivity contribution in [3.63, 3.8) is 0 Å².